The standard InChI is InChI=1S/C16H14O2/c1-11-4-3-5-14-15(10-18-16(11)14)12-6-8-13(17-2)9-7-12/h3-10H,1-2H3. The van der Waals surface area contributed by atoms with Crippen LogP contribution in [0.25, 0.3) is 22.1 Å². The molecule has 0 fully saturated rings. The normalized spacial score (nSPS) is 10.8. The van der Waals surface area contributed by atoms with E-state index in [9.17, 15) is 0 Å². The van der Waals surface area contributed by atoms with E-state index in [-0.39, 0.29) is 0 Å². The molecule has 0 amide bonds. The molecule has 18 heavy (non-hydrogen) atoms. The number of rotatable bonds is 2. The second-order valence-corrected chi connectivity index (χ2v) is 4.33. The lowest BCUT2D eigenvalue weighted by Crippen LogP contribution is -1.82. The highest BCUT2D eigenvalue weighted by Crippen LogP contribution is 2.32. The quantitative estimate of drug-likeness (QED) is 0.659. The molecule has 0 aliphatic rings. The van der Waals surface area contributed by atoms with E-state index in [2.05, 4.69) is 25.1 Å². The van der Waals surface area contributed by atoms with E-state index in [0.717, 1.165) is 33.4 Å². The molecule has 2 nitrogen and oxygen atoms in total. The molecule has 0 aliphatic heterocycles. The number of fused-ring (bicyclic) bond motifs is 1. The zero-order valence-corrected chi connectivity index (χ0v) is 10.4. The maximum atomic E-state index is 5.66. The minimum atomic E-state index is 0.864. The summed E-state index contributed by atoms with van der Waals surface area (Å²) in [7, 11) is 1.67. The summed E-state index contributed by atoms with van der Waals surface area (Å²) < 4.78 is 10.8. The van der Waals surface area contributed by atoms with Gasteiger partial charge in [0.1, 0.15) is 11.3 Å². The van der Waals surface area contributed by atoms with E-state index in [0.29, 0.717) is 0 Å². The van der Waals surface area contributed by atoms with Gasteiger partial charge in [-0.1, -0.05) is 30.3 Å². The van der Waals surface area contributed by atoms with Crippen LogP contribution in [0.1, 0.15) is 5.56 Å². The summed E-state index contributed by atoms with van der Waals surface area (Å²) in [6.45, 7) is 2.06. The van der Waals surface area contributed by atoms with Gasteiger partial charge < -0.3 is 9.15 Å². The fraction of sp³-hybridized carbons (Fsp3) is 0.125. The van der Waals surface area contributed by atoms with Crippen LogP contribution in [0.3, 0.4) is 0 Å². The average molecular weight is 238 g/mol. The largest absolute Gasteiger partial charge is 0.497 e. The van der Waals surface area contributed by atoms with Crippen LogP contribution in [-0.4, -0.2) is 7.11 Å². The van der Waals surface area contributed by atoms with Gasteiger partial charge in [0, 0.05) is 10.9 Å². The van der Waals surface area contributed by atoms with E-state index in [1.165, 1.54) is 0 Å². The number of para-hydroxylation sites is 1. The molecule has 0 unspecified atom stereocenters. The molecule has 3 aromatic rings. The Labute approximate surface area is 106 Å². The van der Waals surface area contributed by atoms with Crippen LogP contribution in [0, 0.1) is 6.92 Å². The minimum absolute atomic E-state index is 0.864. The van der Waals surface area contributed by atoms with E-state index >= 15 is 0 Å². The third kappa shape index (κ3) is 1.66. The number of benzene rings is 2. The third-order valence-electron chi connectivity index (χ3n) is 3.20. The molecule has 1 aromatic heterocycles. The smallest absolute Gasteiger partial charge is 0.137 e. The van der Waals surface area contributed by atoms with Crippen LogP contribution in [0.15, 0.2) is 53.1 Å². The summed E-state index contributed by atoms with van der Waals surface area (Å²) in [6, 6.07) is 14.2. The van der Waals surface area contributed by atoms with Gasteiger partial charge in [-0.05, 0) is 30.2 Å². The molecule has 2 heteroatoms. The highest BCUT2D eigenvalue weighted by molar-refractivity contribution is 5.95. The Morgan fingerprint density at radius 2 is 1.78 bits per heavy atom. The first kappa shape index (κ1) is 10.9. The molecule has 0 saturated heterocycles. The molecular weight excluding hydrogens is 224 g/mol. The molecule has 0 saturated carbocycles. The van der Waals surface area contributed by atoms with Crippen LogP contribution in [0.5, 0.6) is 5.75 Å². The number of furan rings is 1. The molecular formula is C16H14O2. The van der Waals surface area contributed by atoms with Crippen LogP contribution in [-0.2, 0) is 0 Å². The SMILES string of the molecule is COc1ccc(-c2coc3c(C)cccc23)cc1. The van der Waals surface area contributed by atoms with Crippen molar-refractivity contribution in [1.82, 2.24) is 0 Å². The van der Waals surface area contributed by atoms with Crippen LogP contribution in [0.2, 0.25) is 0 Å². The van der Waals surface area contributed by atoms with Crippen molar-refractivity contribution in [2.45, 2.75) is 6.92 Å². The van der Waals surface area contributed by atoms with Gasteiger partial charge in [0.05, 0.1) is 13.4 Å². The average Bonchev–Trinajstić information content (AvgIpc) is 2.84. The van der Waals surface area contributed by atoms with E-state index in [1.54, 1.807) is 7.11 Å². The monoisotopic (exact) mass is 238 g/mol. The second kappa shape index (κ2) is 4.22. The predicted molar refractivity (Wildman–Crippen MR) is 72.9 cm³/mol. The van der Waals surface area contributed by atoms with Gasteiger partial charge >= 0.3 is 0 Å². The van der Waals surface area contributed by atoms with Crippen LogP contribution >= 0.6 is 0 Å². The first-order valence-corrected chi connectivity index (χ1v) is 5.91. The predicted octanol–water partition coefficient (Wildman–Crippen LogP) is 4.42. The third-order valence-corrected chi connectivity index (χ3v) is 3.20. The van der Waals surface area contributed by atoms with Crippen LogP contribution < -0.4 is 4.74 Å². The van der Waals surface area contributed by atoms with Crippen molar-refractivity contribution in [1.29, 1.82) is 0 Å². The Kier molecular flexibility index (Phi) is 2.56. The van der Waals surface area contributed by atoms with Crippen LogP contribution in [0.4, 0.5) is 0 Å². The summed E-state index contributed by atoms with van der Waals surface area (Å²) in [4.78, 5) is 0. The summed E-state index contributed by atoms with van der Waals surface area (Å²) in [5.74, 6) is 0.864. The van der Waals surface area contributed by atoms with Gasteiger partial charge in [0.15, 0.2) is 0 Å². The Bertz CT molecular complexity index is 678. The fourth-order valence-electron chi connectivity index (χ4n) is 2.20. The van der Waals surface area contributed by atoms with Crippen molar-refractivity contribution in [2.75, 3.05) is 7.11 Å². The second-order valence-electron chi connectivity index (χ2n) is 4.33. The Morgan fingerprint density at radius 3 is 2.50 bits per heavy atom. The van der Waals surface area contributed by atoms with Gasteiger partial charge in [-0.2, -0.15) is 0 Å². The number of hydrogen-bond acceptors (Lipinski definition) is 2. The van der Waals surface area contributed by atoms with Gasteiger partial charge in [-0.3, -0.25) is 0 Å². The molecule has 90 valence electrons. The zero-order valence-electron chi connectivity index (χ0n) is 10.4. The van der Waals surface area contributed by atoms with E-state index < -0.39 is 0 Å². The number of methoxy groups -OCH3 is 1. The number of ether oxygens (including phenoxy) is 1. The summed E-state index contributed by atoms with van der Waals surface area (Å²) in [6.07, 6.45) is 1.82. The molecule has 0 atom stereocenters. The van der Waals surface area contributed by atoms with Crippen molar-refractivity contribution in [2.24, 2.45) is 0 Å². The molecule has 0 spiro atoms. The summed E-state index contributed by atoms with van der Waals surface area (Å²) >= 11 is 0. The first-order valence-electron chi connectivity index (χ1n) is 5.91. The lowest BCUT2D eigenvalue weighted by molar-refractivity contribution is 0.415. The lowest BCUT2D eigenvalue weighted by atomic mass is 10.0. The highest BCUT2D eigenvalue weighted by Gasteiger charge is 2.09. The topological polar surface area (TPSA) is 22.4 Å². The molecule has 0 radical (unpaired) electrons. The van der Waals surface area contributed by atoms with Gasteiger partial charge in [0.25, 0.3) is 0 Å². The highest BCUT2D eigenvalue weighted by atomic mass is 16.5. The van der Waals surface area contributed by atoms with Gasteiger partial charge in [0.2, 0.25) is 0 Å². The molecule has 0 bridgehead atoms. The Morgan fingerprint density at radius 1 is 1.00 bits per heavy atom. The molecule has 3 rings (SSSR count). The molecule has 2 aromatic carbocycles. The maximum Gasteiger partial charge on any atom is 0.137 e. The van der Waals surface area contributed by atoms with E-state index in [1.807, 2.05) is 30.5 Å². The van der Waals surface area contributed by atoms with Crippen molar-refractivity contribution in [3.05, 3.63) is 54.3 Å². The van der Waals surface area contributed by atoms with Crippen molar-refractivity contribution < 1.29 is 9.15 Å². The Hall–Kier alpha value is -2.22. The molecule has 1 heterocycles. The first-order chi connectivity index (χ1) is 8.79. The van der Waals surface area contributed by atoms with E-state index in [4.69, 9.17) is 9.15 Å². The molecule has 0 aliphatic carbocycles. The summed E-state index contributed by atoms with van der Waals surface area (Å²) in [5, 5.41) is 1.15. The number of aryl methyl sites for hydroxylation is 1. The van der Waals surface area contributed by atoms with Gasteiger partial charge in [-0.15, -0.1) is 0 Å². The summed E-state index contributed by atoms with van der Waals surface area (Å²) in [5.41, 5.74) is 4.38. The molecule has 0 N–H and O–H groups in total. The maximum absolute atomic E-state index is 5.66. The Balaban J connectivity index is 2.16. The lowest BCUT2D eigenvalue weighted by Gasteiger charge is -2.02. The minimum Gasteiger partial charge on any atom is -0.497 e. The van der Waals surface area contributed by atoms with Crippen molar-refractivity contribution >= 4 is 11.0 Å². The van der Waals surface area contributed by atoms with Crippen molar-refractivity contribution in [3.8, 4) is 16.9 Å². The zero-order chi connectivity index (χ0) is 12.5. The fourth-order valence-corrected chi connectivity index (χ4v) is 2.20. The van der Waals surface area contributed by atoms with Gasteiger partial charge in [-0.25, -0.2) is 0 Å². The van der Waals surface area contributed by atoms with Crippen molar-refractivity contribution in [3.63, 3.8) is 0 Å². The number of hydrogen-bond donors (Lipinski definition) is 0.